The number of amides is 1. The molecule has 0 saturated heterocycles. The third kappa shape index (κ3) is 2.97. The second kappa shape index (κ2) is 6.21. The summed E-state index contributed by atoms with van der Waals surface area (Å²) < 4.78 is 4.92. The van der Waals surface area contributed by atoms with Gasteiger partial charge in [0.15, 0.2) is 0 Å². The number of rotatable bonds is 6. The lowest BCUT2D eigenvalue weighted by Crippen LogP contribution is -2.38. The lowest BCUT2D eigenvalue weighted by Gasteiger charge is -2.20. The number of ether oxygens (including phenoxy) is 1. The van der Waals surface area contributed by atoms with Gasteiger partial charge < -0.3 is 19.7 Å². The van der Waals surface area contributed by atoms with E-state index in [2.05, 4.69) is 4.98 Å². The highest BCUT2D eigenvalue weighted by Gasteiger charge is 2.20. The Bertz CT molecular complexity index is 620. The van der Waals surface area contributed by atoms with Gasteiger partial charge >= 0.3 is 5.97 Å². The number of benzene rings is 1. The van der Waals surface area contributed by atoms with Crippen LogP contribution in [0.5, 0.6) is 0 Å². The van der Waals surface area contributed by atoms with E-state index in [1.54, 1.807) is 24.4 Å². The lowest BCUT2D eigenvalue weighted by molar-refractivity contribution is -0.137. The summed E-state index contributed by atoms with van der Waals surface area (Å²) in [6.07, 6.45) is 1.75. The second-order valence-corrected chi connectivity index (χ2v) is 4.36. The number of carbonyl (C=O) groups is 2. The number of hydrogen-bond acceptors (Lipinski definition) is 3. The molecule has 0 aliphatic carbocycles. The Labute approximate surface area is 116 Å². The monoisotopic (exact) mass is 276 g/mol. The van der Waals surface area contributed by atoms with Crippen LogP contribution in [0, 0.1) is 0 Å². The summed E-state index contributed by atoms with van der Waals surface area (Å²) in [5.74, 6) is -1.36. The molecule has 6 heteroatoms. The number of nitrogens with one attached hydrogen (secondary N) is 1. The molecule has 1 aromatic heterocycles. The summed E-state index contributed by atoms with van der Waals surface area (Å²) in [6, 6.07) is 7.13. The molecule has 0 aliphatic heterocycles. The van der Waals surface area contributed by atoms with Gasteiger partial charge in [0.25, 0.3) is 5.91 Å². The fourth-order valence-electron chi connectivity index (χ4n) is 2.06. The van der Waals surface area contributed by atoms with E-state index in [9.17, 15) is 9.59 Å². The van der Waals surface area contributed by atoms with Gasteiger partial charge in [-0.2, -0.15) is 0 Å². The van der Waals surface area contributed by atoms with E-state index in [1.807, 2.05) is 6.07 Å². The normalized spacial score (nSPS) is 10.7. The van der Waals surface area contributed by atoms with E-state index in [-0.39, 0.29) is 19.0 Å². The molecule has 1 amide bonds. The van der Waals surface area contributed by atoms with Crippen molar-refractivity contribution in [1.82, 2.24) is 9.88 Å². The van der Waals surface area contributed by atoms with Crippen molar-refractivity contribution in [1.29, 1.82) is 0 Å². The van der Waals surface area contributed by atoms with Crippen LogP contribution in [0.15, 0.2) is 30.5 Å². The molecule has 0 aliphatic rings. The number of H-pyrrole nitrogens is 1. The lowest BCUT2D eigenvalue weighted by atomic mass is 10.1. The van der Waals surface area contributed by atoms with Crippen molar-refractivity contribution in [3.63, 3.8) is 0 Å². The zero-order chi connectivity index (χ0) is 14.5. The minimum Gasteiger partial charge on any atom is -0.480 e. The van der Waals surface area contributed by atoms with Gasteiger partial charge in [0.2, 0.25) is 0 Å². The van der Waals surface area contributed by atoms with E-state index in [4.69, 9.17) is 9.84 Å². The number of aliphatic carboxylic acids is 1. The molecule has 1 heterocycles. The van der Waals surface area contributed by atoms with Gasteiger partial charge in [-0.15, -0.1) is 0 Å². The number of aromatic nitrogens is 1. The summed E-state index contributed by atoms with van der Waals surface area (Å²) in [5, 5.41) is 9.69. The van der Waals surface area contributed by atoms with Gasteiger partial charge in [-0.25, -0.2) is 0 Å². The maximum Gasteiger partial charge on any atom is 0.323 e. The topological polar surface area (TPSA) is 82.6 Å². The molecule has 2 aromatic rings. The summed E-state index contributed by atoms with van der Waals surface area (Å²) in [7, 11) is 1.51. The average molecular weight is 276 g/mol. The average Bonchev–Trinajstić information content (AvgIpc) is 2.90. The summed E-state index contributed by atoms with van der Waals surface area (Å²) in [5.41, 5.74) is 1.33. The number of methoxy groups -OCH3 is 1. The molecule has 0 unspecified atom stereocenters. The largest absolute Gasteiger partial charge is 0.480 e. The molecule has 0 atom stereocenters. The van der Waals surface area contributed by atoms with Crippen molar-refractivity contribution in [2.75, 3.05) is 26.8 Å². The first kappa shape index (κ1) is 14.1. The minimum atomic E-state index is -1.05. The van der Waals surface area contributed by atoms with Crippen molar-refractivity contribution < 1.29 is 19.4 Å². The molecular weight excluding hydrogens is 260 g/mol. The van der Waals surface area contributed by atoms with Gasteiger partial charge in [-0.3, -0.25) is 9.59 Å². The number of hydrogen-bond donors (Lipinski definition) is 2. The van der Waals surface area contributed by atoms with Crippen LogP contribution in [0.4, 0.5) is 0 Å². The van der Waals surface area contributed by atoms with Crippen LogP contribution >= 0.6 is 0 Å². The van der Waals surface area contributed by atoms with Crippen LogP contribution in [-0.2, 0) is 9.53 Å². The summed E-state index contributed by atoms with van der Waals surface area (Å²) >= 11 is 0. The highest BCUT2D eigenvalue weighted by Crippen LogP contribution is 2.19. The smallest absolute Gasteiger partial charge is 0.323 e. The van der Waals surface area contributed by atoms with Crippen molar-refractivity contribution in [2.45, 2.75) is 0 Å². The SMILES string of the molecule is COCCN(CC(=O)O)C(=O)c1cccc2[nH]ccc12. The zero-order valence-electron chi connectivity index (χ0n) is 11.1. The molecule has 0 fully saturated rings. The van der Waals surface area contributed by atoms with Gasteiger partial charge in [0.1, 0.15) is 6.54 Å². The minimum absolute atomic E-state index is 0.239. The maximum absolute atomic E-state index is 12.5. The molecular formula is C14H16N2O4. The van der Waals surface area contributed by atoms with E-state index >= 15 is 0 Å². The fourth-order valence-corrected chi connectivity index (χ4v) is 2.06. The first-order chi connectivity index (χ1) is 9.63. The van der Waals surface area contributed by atoms with E-state index in [0.29, 0.717) is 12.2 Å². The zero-order valence-corrected chi connectivity index (χ0v) is 11.1. The Balaban J connectivity index is 2.30. The molecule has 1 aromatic carbocycles. The Morgan fingerprint density at radius 2 is 2.15 bits per heavy atom. The first-order valence-electron chi connectivity index (χ1n) is 6.19. The van der Waals surface area contributed by atoms with Gasteiger partial charge in [0.05, 0.1) is 6.61 Å². The third-order valence-corrected chi connectivity index (χ3v) is 3.00. The van der Waals surface area contributed by atoms with Crippen molar-refractivity contribution >= 4 is 22.8 Å². The molecule has 2 rings (SSSR count). The van der Waals surface area contributed by atoms with Crippen LogP contribution in [0.3, 0.4) is 0 Å². The first-order valence-corrected chi connectivity index (χ1v) is 6.19. The van der Waals surface area contributed by atoms with Crippen LogP contribution in [0.2, 0.25) is 0 Å². The Hall–Kier alpha value is -2.34. The van der Waals surface area contributed by atoms with Crippen molar-refractivity contribution in [2.24, 2.45) is 0 Å². The number of aromatic amines is 1. The van der Waals surface area contributed by atoms with Gasteiger partial charge in [-0.05, 0) is 18.2 Å². The molecule has 106 valence electrons. The van der Waals surface area contributed by atoms with Crippen molar-refractivity contribution in [3.05, 3.63) is 36.0 Å². The summed E-state index contributed by atoms with van der Waals surface area (Å²) in [6.45, 7) is 0.188. The molecule has 0 saturated carbocycles. The second-order valence-electron chi connectivity index (χ2n) is 4.36. The van der Waals surface area contributed by atoms with Crippen LogP contribution < -0.4 is 0 Å². The fraction of sp³-hybridized carbons (Fsp3) is 0.286. The highest BCUT2D eigenvalue weighted by atomic mass is 16.5. The molecule has 20 heavy (non-hydrogen) atoms. The van der Waals surface area contributed by atoms with E-state index in [0.717, 1.165) is 10.9 Å². The standard InChI is InChI=1S/C14H16N2O4/c1-20-8-7-16(9-13(17)18)14(19)11-3-2-4-12-10(11)5-6-15-12/h2-6,15H,7-9H2,1H3,(H,17,18). The summed E-state index contributed by atoms with van der Waals surface area (Å²) in [4.78, 5) is 27.7. The number of carbonyl (C=O) groups excluding carboxylic acids is 1. The maximum atomic E-state index is 12.5. The number of fused-ring (bicyclic) bond motifs is 1. The molecule has 0 spiro atoms. The quantitative estimate of drug-likeness (QED) is 0.834. The number of carboxylic acids is 1. The van der Waals surface area contributed by atoms with Crippen LogP contribution in [-0.4, -0.2) is 53.7 Å². The van der Waals surface area contributed by atoms with Gasteiger partial charge in [-0.1, -0.05) is 6.07 Å². The Morgan fingerprint density at radius 1 is 1.35 bits per heavy atom. The van der Waals surface area contributed by atoms with Gasteiger partial charge in [0, 0.05) is 36.3 Å². The van der Waals surface area contributed by atoms with E-state index in [1.165, 1.54) is 12.0 Å². The number of carboxylic acid groups (broad SMARTS) is 1. The van der Waals surface area contributed by atoms with Crippen LogP contribution in [0.1, 0.15) is 10.4 Å². The third-order valence-electron chi connectivity index (χ3n) is 3.00. The van der Waals surface area contributed by atoms with E-state index < -0.39 is 5.97 Å². The predicted molar refractivity (Wildman–Crippen MR) is 73.7 cm³/mol. The molecule has 2 N–H and O–H groups in total. The molecule has 0 radical (unpaired) electrons. The predicted octanol–water partition coefficient (Wildman–Crippen LogP) is 1.34. The Morgan fingerprint density at radius 3 is 2.85 bits per heavy atom. The van der Waals surface area contributed by atoms with Crippen molar-refractivity contribution in [3.8, 4) is 0 Å². The number of nitrogens with zero attached hydrogens (tertiary/aromatic N) is 1. The molecule has 0 bridgehead atoms. The molecule has 6 nitrogen and oxygen atoms in total. The van der Waals surface area contributed by atoms with Crippen LogP contribution in [0.25, 0.3) is 10.9 Å². The Kier molecular flexibility index (Phi) is 4.37. The highest BCUT2D eigenvalue weighted by molar-refractivity contribution is 6.07.